The molecule has 0 aliphatic rings. The van der Waals surface area contributed by atoms with Crippen molar-refractivity contribution < 1.29 is 26.8 Å². The highest BCUT2D eigenvalue weighted by molar-refractivity contribution is 7.53. The van der Waals surface area contributed by atoms with Crippen LogP contribution in [0.4, 0.5) is 13.2 Å². The summed E-state index contributed by atoms with van der Waals surface area (Å²) in [6, 6.07) is 9.28. The predicted octanol–water partition coefficient (Wildman–Crippen LogP) is 5.50. The second-order valence-electron chi connectivity index (χ2n) is 5.73. The van der Waals surface area contributed by atoms with E-state index in [0.29, 0.717) is 11.8 Å². The average Bonchev–Trinajstić information content (AvgIpc) is 2.43. The molecular formula is C14H22F3O3PSi. The van der Waals surface area contributed by atoms with Crippen LogP contribution in [-0.4, -0.2) is 27.1 Å². The molecule has 0 spiro atoms. The molecule has 3 nitrogen and oxygen atoms in total. The lowest BCUT2D eigenvalue weighted by molar-refractivity contribution is -0.130. The number of rotatable bonds is 8. The summed E-state index contributed by atoms with van der Waals surface area (Å²) in [7, 11) is -5.59. The second kappa shape index (κ2) is 7.66. The van der Waals surface area contributed by atoms with Crippen LogP contribution in [0.1, 0.15) is 13.3 Å². The van der Waals surface area contributed by atoms with E-state index in [0.717, 1.165) is 0 Å². The molecule has 126 valence electrons. The van der Waals surface area contributed by atoms with Gasteiger partial charge in [-0.1, -0.05) is 37.7 Å². The smallest absolute Gasteiger partial charge is 0.388 e. The number of halogens is 3. The molecule has 8 heteroatoms. The molecule has 22 heavy (non-hydrogen) atoms. The third-order valence-electron chi connectivity index (χ3n) is 3.53. The number of para-hydroxylation sites is 1. The molecule has 0 saturated heterocycles. The quantitative estimate of drug-likeness (QED) is 0.457. The van der Waals surface area contributed by atoms with Gasteiger partial charge in [0.15, 0.2) is 0 Å². The largest absolute Gasteiger partial charge is 0.425 e. The molecule has 0 amide bonds. The van der Waals surface area contributed by atoms with Crippen LogP contribution in [0.15, 0.2) is 30.3 Å². The van der Waals surface area contributed by atoms with E-state index in [4.69, 9.17) is 9.05 Å². The van der Waals surface area contributed by atoms with Crippen LogP contribution in [0.25, 0.3) is 0 Å². The fourth-order valence-electron chi connectivity index (χ4n) is 1.77. The molecule has 0 N–H and O–H groups in total. The number of benzene rings is 1. The first-order valence-corrected chi connectivity index (χ1v) is 12.2. The Morgan fingerprint density at radius 3 is 2.32 bits per heavy atom. The molecule has 0 saturated carbocycles. The van der Waals surface area contributed by atoms with Crippen molar-refractivity contribution in [2.75, 3.05) is 12.9 Å². The molecule has 0 radical (unpaired) electrons. The minimum absolute atomic E-state index is 0.0678. The van der Waals surface area contributed by atoms with Crippen molar-refractivity contribution in [3.63, 3.8) is 0 Å². The highest BCUT2D eigenvalue weighted by Crippen LogP contribution is 2.45. The maximum absolute atomic E-state index is 12.4. The summed E-state index contributed by atoms with van der Waals surface area (Å²) in [5, 5.41) is 0. The molecular weight excluding hydrogens is 332 g/mol. The van der Waals surface area contributed by atoms with Crippen LogP contribution in [-0.2, 0) is 9.09 Å². The monoisotopic (exact) mass is 354 g/mol. The Labute approximate surface area is 130 Å². The third kappa shape index (κ3) is 7.47. The molecule has 1 unspecified atom stereocenters. The highest BCUT2D eigenvalue weighted by atomic mass is 31.2. The minimum Gasteiger partial charge on any atom is -0.425 e. The van der Waals surface area contributed by atoms with Gasteiger partial charge in [-0.3, -0.25) is 0 Å². The summed E-state index contributed by atoms with van der Waals surface area (Å²) in [5.41, 5.74) is 0. The fourth-order valence-corrected chi connectivity index (χ4v) is 6.10. The normalized spacial score (nSPS) is 17.5. The molecule has 2 atom stereocenters. The Balaban J connectivity index is 2.58. The van der Waals surface area contributed by atoms with E-state index < -0.39 is 28.3 Å². The number of hydrogen-bond acceptors (Lipinski definition) is 3. The van der Waals surface area contributed by atoms with E-state index in [2.05, 4.69) is 0 Å². The summed E-state index contributed by atoms with van der Waals surface area (Å²) in [6.45, 7) is 5.03. The van der Waals surface area contributed by atoms with Crippen LogP contribution in [0.5, 0.6) is 5.75 Å². The predicted molar refractivity (Wildman–Crippen MR) is 84.1 cm³/mol. The van der Waals surface area contributed by atoms with Crippen molar-refractivity contribution in [3.8, 4) is 5.75 Å². The van der Waals surface area contributed by atoms with Gasteiger partial charge in [0.2, 0.25) is 0 Å². The van der Waals surface area contributed by atoms with Crippen LogP contribution < -0.4 is 4.52 Å². The van der Waals surface area contributed by atoms with Crippen LogP contribution in [0.2, 0.25) is 18.6 Å². The summed E-state index contributed by atoms with van der Waals surface area (Å²) < 4.78 is 60.2. The number of alkyl halides is 3. The molecule has 0 fully saturated rings. The van der Waals surface area contributed by atoms with E-state index in [1.165, 1.54) is 6.66 Å². The lowest BCUT2D eigenvalue weighted by Crippen LogP contribution is -2.36. The first-order chi connectivity index (χ1) is 10.1. The van der Waals surface area contributed by atoms with Gasteiger partial charge in [0, 0.05) is 19.3 Å². The zero-order valence-corrected chi connectivity index (χ0v) is 14.9. The molecule has 0 aliphatic heterocycles. The SMILES string of the molecule is CC[Si](C)(CCC(F)(F)F)CO[P@](C)(=O)Oc1ccccc1. The summed E-state index contributed by atoms with van der Waals surface area (Å²) in [5.74, 6) is 0.420. The lowest BCUT2D eigenvalue weighted by Gasteiger charge is -2.27. The maximum atomic E-state index is 12.4. The summed E-state index contributed by atoms with van der Waals surface area (Å²) in [6.07, 6.45) is -4.89. The van der Waals surface area contributed by atoms with Gasteiger partial charge in [-0.05, 0) is 18.2 Å². The van der Waals surface area contributed by atoms with Crippen LogP contribution >= 0.6 is 7.60 Å². The first kappa shape index (κ1) is 19.3. The van der Waals surface area contributed by atoms with E-state index in [9.17, 15) is 17.7 Å². The van der Waals surface area contributed by atoms with Gasteiger partial charge in [0.05, 0.1) is 8.07 Å². The van der Waals surface area contributed by atoms with Crippen LogP contribution in [0.3, 0.4) is 0 Å². The Bertz CT molecular complexity index is 510. The molecule has 1 aromatic carbocycles. The minimum atomic E-state index is -4.17. The second-order valence-corrected chi connectivity index (χ2v) is 12.8. The van der Waals surface area contributed by atoms with Crippen LogP contribution in [0, 0.1) is 0 Å². The van der Waals surface area contributed by atoms with Crippen molar-refractivity contribution >= 4 is 15.7 Å². The molecule has 1 aromatic rings. The molecule has 0 heterocycles. The van der Waals surface area contributed by atoms with E-state index >= 15 is 0 Å². The van der Waals surface area contributed by atoms with Gasteiger partial charge in [-0.15, -0.1) is 0 Å². The fraction of sp³-hybridized carbons (Fsp3) is 0.571. The molecule has 0 aromatic heterocycles. The Hall–Kier alpha value is -0.783. The zero-order valence-electron chi connectivity index (χ0n) is 13.0. The summed E-state index contributed by atoms with van der Waals surface area (Å²) >= 11 is 0. The van der Waals surface area contributed by atoms with Gasteiger partial charge in [0.25, 0.3) is 0 Å². The van der Waals surface area contributed by atoms with Gasteiger partial charge < -0.3 is 9.05 Å². The zero-order chi connectivity index (χ0) is 16.9. The Kier molecular flexibility index (Phi) is 6.71. The van der Waals surface area contributed by atoms with E-state index in [1.807, 2.05) is 13.5 Å². The topological polar surface area (TPSA) is 35.5 Å². The van der Waals surface area contributed by atoms with Crippen molar-refractivity contribution in [1.29, 1.82) is 0 Å². The highest BCUT2D eigenvalue weighted by Gasteiger charge is 2.35. The van der Waals surface area contributed by atoms with Gasteiger partial charge in [-0.2, -0.15) is 13.2 Å². The van der Waals surface area contributed by atoms with Crippen molar-refractivity contribution in [2.24, 2.45) is 0 Å². The maximum Gasteiger partial charge on any atom is 0.388 e. The number of hydrogen-bond donors (Lipinski definition) is 0. The Morgan fingerprint density at radius 2 is 1.82 bits per heavy atom. The van der Waals surface area contributed by atoms with E-state index in [1.54, 1.807) is 30.3 Å². The van der Waals surface area contributed by atoms with E-state index in [-0.39, 0.29) is 12.3 Å². The molecule has 0 aliphatic carbocycles. The summed E-state index contributed by atoms with van der Waals surface area (Å²) in [4.78, 5) is 0. The Morgan fingerprint density at radius 1 is 1.23 bits per heavy atom. The molecule has 1 rings (SSSR count). The average molecular weight is 354 g/mol. The molecule has 0 bridgehead atoms. The standard InChI is InChI=1S/C14H22F3O3PSi/c1-4-22(3,11-10-14(15,16)17)12-19-21(2,18)20-13-8-6-5-7-9-13/h5-9H,4,10-12H2,1-3H3/t21-,22?/m0/s1. The van der Waals surface area contributed by atoms with Gasteiger partial charge >= 0.3 is 13.8 Å². The van der Waals surface area contributed by atoms with Crippen molar-refractivity contribution in [2.45, 2.75) is 38.2 Å². The van der Waals surface area contributed by atoms with Crippen molar-refractivity contribution in [3.05, 3.63) is 30.3 Å². The van der Waals surface area contributed by atoms with Crippen molar-refractivity contribution in [1.82, 2.24) is 0 Å². The lowest BCUT2D eigenvalue weighted by atomic mass is 10.3. The first-order valence-electron chi connectivity index (χ1n) is 7.09. The third-order valence-corrected chi connectivity index (χ3v) is 8.92. The van der Waals surface area contributed by atoms with Gasteiger partial charge in [-0.25, -0.2) is 4.57 Å². The van der Waals surface area contributed by atoms with Gasteiger partial charge in [0.1, 0.15) is 5.75 Å².